The summed E-state index contributed by atoms with van der Waals surface area (Å²) in [6.07, 6.45) is 7.03. The first-order valence-electron chi connectivity index (χ1n) is 6.40. The van der Waals surface area contributed by atoms with Crippen molar-refractivity contribution in [1.29, 1.82) is 0 Å². The average molecular weight is 235 g/mol. The van der Waals surface area contributed by atoms with E-state index in [2.05, 4.69) is 41.6 Å². The Balaban J connectivity index is 1.94. The normalized spacial score (nSPS) is 17.9. The van der Waals surface area contributed by atoms with Crippen LogP contribution in [-0.4, -0.2) is 16.9 Å². The van der Waals surface area contributed by atoms with Crippen LogP contribution in [-0.2, 0) is 0 Å². The molecule has 88 valence electrons. The van der Waals surface area contributed by atoms with Crippen LogP contribution < -0.4 is 0 Å². The van der Waals surface area contributed by atoms with Crippen LogP contribution in [0.2, 0.25) is 0 Å². The Kier molecular flexibility index (Phi) is 4.73. The Bertz CT molecular complexity index is 293. The highest BCUT2D eigenvalue weighted by molar-refractivity contribution is 7.97. The summed E-state index contributed by atoms with van der Waals surface area (Å²) in [5.74, 6) is 0. The fourth-order valence-electron chi connectivity index (χ4n) is 2.38. The molecule has 1 aliphatic rings. The van der Waals surface area contributed by atoms with Gasteiger partial charge in [0.1, 0.15) is 0 Å². The van der Waals surface area contributed by atoms with E-state index in [1.807, 2.05) is 11.9 Å². The van der Waals surface area contributed by atoms with Crippen molar-refractivity contribution in [2.24, 2.45) is 0 Å². The number of nitrogens with zero attached hydrogens (tertiary/aromatic N) is 1. The van der Waals surface area contributed by atoms with Gasteiger partial charge in [-0.25, -0.2) is 4.31 Å². The Morgan fingerprint density at radius 2 is 1.81 bits per heavy atom. The second-order valence-electron chi connectivity index (χ2n) is 4.43. The van der Waals surface area contributed by atoms with Crippen molar-refractivity contribution in [3.63, 3.8) is 0 Å². The molecule has 1 aromatic rings. The number of hydrogen-bond acceptors (Lipinski definition) is 2. The maximum Gasteiger partial charge on any atom is 0.0230 e. The van der Waals surface area contributed by atoms with Gasteiger partial charge in [0.15, 0.2) is 0 Å². The maximum absolute atomic E-state index is 2.56. The van der Waals surface area contributed by atoms with Crippen molar-refractivity contribution in [1.82, 2.24) is 4.31 Å². The van der Waals surface area contributed by atoms with Crippen LogP contribution in [0, 0.1) is 0 Å². The van der Waals surface area contributed by atoms with E-state index in [0.29, 0.717) is 0 Å². The molecule has 0 aromatic heterocycles. The molecule has 1 nitrogen and oxygen atoms in total. The van der Waals surface area contributed by atoms with E-state index < -0.39 is 0 Å². The molecular formula is C14H21NS. The van der Waals surface area contributed by atoms with Gasteiger partial charge >= 0.3 is 0 Å². The van der Waals surface area contributed by atoms with Gasteiger partial charge in [-0.15, -0.1) is 0 Å². The van der Waals surface area contributed by atoms with Crippen molar-refractivity contribution in [2.45, 2.75) is 50.0 Å². The highest BCUT2D eigenvalue weighted by Crippen LogP contribution is 2.31. The third-order valence-electron chi connectivity index (χ3n) is 3.26. The van der Waals surface area contributed by atoms with E-state index in [0.717, 1.165) is 12.6 Å². The Labute approximate surface area is 103 Å². The lowest BCUT2D eigenvalue weighted by Gasteiger charge is -2.32. The molecular weight excluding hydrogens is 214 g/mol. The fourth-order valence-corrected chi connectivity index (χ4v) is 3.42. The SMILES string of the molecule is CCN(Sc1ccccc1)C1CCCCC1. The van der Waals surface area contributed by atoms with Crippen LogP contribution in [0.25, 0.3) is 0 Å². The van der Waals surface area contributed by atoms with Crippen molar-refractivity contribution >= 4 is 11.9 Å². The molecule has 1 fully saturated rings. The van der Waals surface area contributed by atoms with Gasteiger partial charge in [0.2, 0.25) is 0 Å². The standard InChI is InChI=1S/C14H21NS/c1-2-15(13-9-5-3-6-10-13)16-14-11-7-4-8-12-14/h4,7-8,11-13H,2-3,5-6,9-10H2,1H3. The van der Waals surface area contributed by atoms with Gasteiger partial charge in [0, 0.05) is 17.5 Å². The lowest BCUT2D eigenvalue weighted by atomic mass is 9.95. The summed E-state index contributed by atoms with van der Waals surface area (Å²) in [5, 5.41) is 0. The van der Waals surface area contributed by atoms with E-state index in [-0.39, 0.29) is 0 Å². The third-order valence-corrected chi connectivity index (χ3v) is 4.53. The van der Waals surface area contributed by atoms with Gasteiger partial charge in [0.25, 0.3) is 0 Å². The molecule has 0 unspecified atom stereocenters. The molecule has 2 rings (SSSR count). The molecule has 1 saturated carbocycles. The first-order valence-corrected chi connectivity index (χ1v) is 7.17. The molecule has 0 bridgehead atoms. The largest absolute Gasteiger partial charge is 0.244 e. The zero-order valence-electron chi connectivity index (χ0n) is 10.1. The van der Waals surface area contributed by atoms with E-state index in [1.165, 1.54) is 37.0 Å². The van der Waals surface area contributed by atoms with Gasteiger partial charge in [0.05, 0.1) is 0 Å². The van der Waals surface area contributed by atoms with Crippen LogP contribution in [0.3, 0.4) is 0 Å². The smallest absolute Gasteiger partial charge is 0.0230 e. The molecule has 0 radical (unpaired) electrons. The van der Waals surface area contributed by atoms with Crippen molar-refractivity contribution in [2.75, 3.05) is 6.54 Å². The minimum atomic E-state index is 0.795. The Morgan fingerprint density at radius 3 is 2.44 bits per heavy atom. The minimum absolute atomic E-state index is 0.795. The second-order valence-corrected chi connectivity index (χ2v) is 5.55. The van der Waals surface area contributed by atoms with Gasteiger partial charge in [-0.1, -0.05) is 44.4 Å². The van der Waals surface area contributed by atoms with E-state index in [4.69, 9.17) is 0 Å². The average Bonchev–Trinajstić information content (AvgIpc) is 2.38. The topological polar surface area (TPSA) is 3.24 Å². The second kappa shape index (κ2) is 6.31. The molecule has 1 aliphatic carbocycles. The summed E-state index contributed by atoms with van der Waals surface area (Å²) in [7, 11) is 0. The lowest BCUT2D eigenvalue weighted by Crippen LogP contribution is -2.31. The zero-order chi connectivity index (χ0) is 11.2. The fraction of sp³-hybridized carbons (Fsp3) is 0.571. The minimum Gasteiger partial charge on any atom is -0.244 e. The lowest BCUT2D eigenvalue weighted by molar-refractivity contribution is 0.281. The highest BCUT2D eigenvalue weighted by atomic mass is 32.2. The molecule has 16 heavy (non-hydrogen) atoms. The van der Waals surface area contributed by atoms with Crippen molar-refractivity contribution in [3.8, 4) is 0 Å². The number of hydrogen-bond donors (Lipinski definition) is 0. The Morgan fingerprint density at radius 1 is 1.12 bits per heavy atom. The van der Waals surface area contributed by atoms with Gasteiger partial charge in [-0.2, -0.15) is 0 Å². The van der Waals surface area contributed by atoms with Crippen LogP contribution >= 0.6 is 11.9 Å². The zero-order valence-corrected chi connectivity index (χ0v) is 10.9. The molecule has 0 heterocycles. The summed E-state index contributed by atoms with van der Waals surface area (Å²) in [4.78, 5) is 1.37. The summed E-state index contributed by atoms with van der Waals surface area (Å²) >= 11 is 1.93. The van der Waals surface area contributed by atoms with Crippen LogP contribution in [0.15, 0.2) is 35.2 Å². The molecule has 0 saturated heterocycles. The van der Waals surface area contributed by atoms with Gasteiger partial charge in [-0.3, -0.25) is 0 Å². The van der Waals surface area contributed by atoms with Gasteiger partial charge in [-0.05, 0) is 36.9 Å². The maximum atomic E-state index is 2.56. The van der Waals surface area contributed by atoms with Crippen molar-refractivity contribution in [3.05, 3.63) is 30.3 Å². The molecule has 1 aromatic carbocycles. The van der Waals surface area contributed by atoms with Crippen LogP contribution in [0.4, 0.5) is 0 Å². The number of rotatable bonds is 4. The van der Waals surface area contributed by atoms with Crippen LogP contribution in [0.1, 0.15) is 39.0 Å². The molecule has 0 atom stereocenters. The van der Waals surface area contributed by atoms with E-state index >= 15 is 0 Å². The quantitative estimate of drug-likeness (QED) is 0.714. The van der Waals surface area contributed by atoms with Crippen molar-refractivity contribution < 1.29 is 0 Å². The molecule has 0 N–H and O–H groups in total. The summed E-state index contributed by atoms with van der Waals surface area (Å²) in [6, 6.07) is 11.5. The first-order chi connectivity index (χ1) is 7.90. The van der Waals surface area contributed by atoms with E-state index in [9.17, 15) is 0 Å². The molecule has 2 heteroatoms. The molecule has 0 aliphatic heterocycles. The highest BCUT2D eigenvalue weighted by Gasteiger charge is 2.20. The third kappa shape index (κ3) is 3.26. The summed E-state index contributed by atoms with van der Waals surface area (Å²) in [6.45, 7) is 3.41. The molecule has 0 spiro atoms. The Hall–Kier alpha value is -0.470. The summed E-state index contributed by atoms with van der Waals surface area (Å²) in [5.41, 5.74) is 0. The summed E-state index contributed by atoms with van der Waals surface area (Å²) < 4.78 is 2.56. The monoisotopic (exact) mass is 235 g/mol. The first kappa shape index (κ1) is 12.0. The predicted molar refractivity (Wildman–Crippen MR) is 71.6 cm³/mol. The van der Waals surface area contributed by atoms with E-state index in [1.54, 1.807) is 0 Å². The predicted octanol–water partition coefficient (Wildman–Crippen LogP) is 4.35. The number of benzene rings is 1. The molecule has 0 amide bonds. The van der Waals surface area contributed by atoms with Crippen LogP contribution in [0.5, 0.6) is 0 Å². The van der Waals surface area contributed by atoms with Gasteiger partial charge < -0.3 is 0 Å².